The molecular formula is C23H30ClNO. The number of nitrogens with one attached hydrogen (secondary N) is 1. The van der Waals surface area contributed by atoms with Crippen molar-refractivity contribution in [3.05, 3.63) is 59.7 Å². The lowest BCUT2D eigenvalue weighted by molar-refractivity contribution is 0.0763. The molecule has 0 bridgehead atoms. The Morgan fingerprint density at radius 3 is 2.46 bits per heavy atom. The first kappa shape index (κ1) is 19.4. The second-order valence-corrected chi connectivity index (χ2v) is 8.28. The Hall–Kier alpha value is -1.35. The molecule has 1 aliphatic heterocycles. The number of piperidine rings is 1. The van der Waals surface area contributed by atoms with Crippen molar-refractivity contribution in [1.82, 2.24) is 5.32 Å². The highest BCUT2D eigenvalue weighted by atomic mass is 35.5. The van der Waals surface area contributed by atoms with E-state index in [1.165, 1.54) is 35.1 Å². The van der Waals surface area contributed by atoms with E-state index in [0.29, 0.717) is 18.4 Å². The highest BCUT2D eigenvalue weighted by Crippen LogP contribution is 2.31. The van der Waals surface area contributed by atoms with Gasteiger partial charge in [-0.3, -0.25) is 0 Å². The average molecular weight is 372 g/mol. The Kier molecular flexibility index (Phi) is 6.74. The standard InChI is InChI=1S/C23H30ClNO/c1-23(2,17-24)22-13-19(16-26-15-18-8-10-25-11-9-18)12-21(14-22)20-6-4-3-5-7-20/h3-7,12-14,18,25H,8-11,15-17H2,1-2H3. The summed E-state index contributed by atoms with van der Waals surface area (Å²) < 4.78 is 6.09. The van der Waals surface area contributed by atoms with Crippen molar-refractivity contribution >= 4 is 11.6 Å². The Morgan fingerprint density at radius 2 is 1.77 bits per heavy atom. The molecule has 1 saturated heterocycles. The predicted molar refractivity (Wildman–Crippen MR) is 111 cm³/mol. The minimum absolute atomic E-state index is 0.0594. The molecule has 140 valence electrons. The second-order valence-electron chi connectivity index (χ2n) is 8.01. The minimum atomic E-state index is -0.0594. The average Bonchev–Trinajstić information content (AvgIpc) is 2.69. The Balaban J connectivity index is 1.78. The zero-order chi connectivity index (χ0) is 18.4. The summed E-state index contributed by atoms with van der Waals surface area (Å²) in [5, 5.41) is 3.41. The smallest absolute Gasteiger partial charge is 0.0717 e. The van der Waals surface area contributed by atoms with E-state index >= 15 is 0 Å². The molecule has 3 heteroatoms. The molecule has 0 unspecified atom stereocenters. The van der Waals surface area contributed by atoms with Crippen LogP contribution in [0.15, 0.2) is 48.5 Å². The fourth-order valence-corrected chi connectivity index (χ4v) is 3.59. The van der Waals surface area contributed by atoms with Gasteiger partial charge in [0.25, 0.3) is 0 Å². The van der Waals surface area contributed by atoms with Gasteiger partial charge < -0.3 is 10.1 Å². The van der Waals surface area contributed by atoms with E-state index in [9.17, 15) is 0 Å². The van der Waals surface area contributed by atoms with E-state index in [1.807, 2.05) is 0 Å². The molecule has 0 aromatic heterocycles. The molecular weight excluding hydrogens is 342 g/mol. The van der Waals surface area contributed by atoms with E-state index in [-0.39, 0.29) is 5.41 Å². The lowest BCUT2D eigenvalue weighted by Crippen LogP contribution is -2.29. The summed E-state index contributed by atoms with van der Waals surface area (Å²) in [5.74, 6) is 1.29. The van der Waals surface area contributed by atoms with Gasteiger partial charge in [-0.1, -0.05) is 56.3 Å². The molecule has 2 aromatic carbocycles. The van der Waals surface area contributed by atoms with E-state index < -0.39 is 0 Å². The molecule has 1 fully saturated rings. The van der Waals surface area contributed by atoms with Crippen LogP contribution in [0.5, 0.6) is 0 Å². The SMILES string of the molecule is CC(C)(CCl)c1cc(COCC2CCNCC2)cc(-c2ccccc2)c1. The van der Waals surface area contributed by atoms with E-state index in [0.717, 1.165) is 19.7 Å². The Morgan fingerprint density at radius 1 is 1.04 bits per heavy atom. The number of hydrogen-bond acceptors (Lipinski definition) is 2. The van der Waals surface area contributed by atoms with E-state index in [4.69, 9.17) is 16.3 Å². The van der Waals surface area contributed by atoms with Gasteiger partial charge in [-0.25, -0.2) is 0 Å². The molecule has 3 rings (SSSR count). The monoisotopic (exact) mass is 371 g/mol. The van der Waals surface area contributed by atoms with Gasteiger partial charge in [0.1, 0.15) is 0 Å². The molecule has 26 heavy (non-hydrogen) atoms. The van der Waals surface area contributed by atoms with Gasteiger partial charge >= 0.3 is 0 Å². The number of benzene rings is 2. The summed E-state index contributed by atoms with van der Waals surface area (Å²) in [6, 6.07) is 17.3. The van der Waals surface area contributed by atoms with E-state index in [2.05, 4.69) is 67.7 Å². The summed E-state index contributed by atoms with van der Waals surface area (Å²) in [6.07, 6.45) is 2.43. The van der Waals surface area contributed by atoms with Crippen LogP contribution >= 0.6 is 11.6 Å². The van der Waals surface area contributed by atoms with E-state index in [1.54, 1.807) is 0 Å². The Labute approximate surface area is 162 Å². The maximum absolute atomic E-state index is 6.25. The van der Waals surface area contributed by atoms with Gasteiger partial charge in [0, 0.05) is 17.9 Å². The summed E-state index contributed by atoms with van der Waals surface area (Å²) in [4.78, 5) is 0. The van der Waals surface area contributed by atoms with Crippen molar-refractivity contribution in [2.24, 2.45) is 5.92 Å². The quantitative estimate of drug-likeness (QED) is 0.659. The lowest BCUT2D eigenvalue weighted by atomic mass is 9.84. The van der Waals surface area contributed by atoms with Crippen LogP contribution in [0.25, 0.3) is 11.1 Å². The van der Waals surface area contributed by atoms with Crippen molar-refractivity contribution in [2.75, 3.05) is 25.6 Å². The van der Waals surface area contributed by atoms with Gasteiger partial charge in [-0.15, -0.1) is 11.6 Å². The predicted octanol–water partition coefficient (Wildman–Crippen LogP) is 5.39. The molecule has 0 saturated carbocycles. The number of alkyl halides is 1. The number of rotatable bonds is 7. The molecule has 0 atom stereocenters. The molecule has 1 N–H and O–H groups in total. The third-order valence-corrected chi connectivity index (χ3v) is 5.96. The van der Waals surface area contributed by atoms with Crippen molar-refractivity contribution in [3.8, 4) is 11.1 Å². The van der Waals surface area contributed by atoms with Gasteiger partial charge in [0.15, 0.2) is 0 Å². The molecule has 1 heterocycles. The number of halogens is 1. The molecule has 0 amide bonds. The fraction of sp³-hybridized carbons (Fsp3) is 0.478. The first-order valence-electron chi connectivity index (χ1n) is 9.63. The molecule has 2 aromatic rings. The van der Waals surface area contributed by atoms with Crippen LogP contribution in [0.3, 0.4) is 0 Å². The highest BCUT2D eigenvalue weighted by Gasteiger charge is 2.21. The van der Waals surface area contributed by atoms with Gasteiger partial charge in [-0.2, -0.15) is 0 Å². The van der Waals surface area contributed by atoms with Crippen LogP contribution in [-0.4, -0.2) is 25.6 Å². The van der Waals surface area contributed by atoms with Crippen LogP contribution in [0.2, 0.25) is 0 Å². The molecule has 0 radical (unpaired) electrons. The fourth-order valence-electron chi connectivity index (χ4n) is 3.43. The molecule has 0 aliphatic carbocycles. The highest BCUT2D eigenvalue weighted by molar-refractivity contribution is 6.18. The van der Waals surface area contributed by atoms with Gasteiger partial charge in [-0.05, 0) is 60.2 Å². The first-order valence-corrected chi connectivity index (χ1v) is 10.2. The maximum atomic E-state index is 6.25. The summed E-state index contributed by atoms with van der Waals surface area (Å²) in [6.45, 7) is 8.14. The topological polar surface area (TPSA) is 21.3 Å². The van der Waals surface area contributed by atoms with Crippen LogP contribution in [0.1, 0.15) is 37.8 Å². The summed E-state index contributed by atoms with van der Waals surface area (Å²) in [5.41, 5.74) is 4.92. The third-order valence-electron chi connectivity index (χ3n) is 5.30. The number of ether oxygens (including phenoxy) is 1. The Bertz CT molecular complexity index is 693. The van der Waals surface area contributed by atoms with Crippen LogP contribution < -0.4 is 5.32 Å². The summed E-state index contributed by atoms with van der Waals surface area (Å²) in [7, 11) is 0. The van der Waals surface area contributed by atoms with Crippen LogP contribution in [0, 0.1) is 5.92 Å². The van der Waals surface area contributed by atoms with Gasteiger partial charge in [0.05, 0.1) is 6.61 Å². The first-order chi connectivity index (χ1) is 12.6. The van der Waals surface area contributed by atoms with Crippen molar-refractivity contribution in [2.45, 2.75) is 38.7 Å². The summed E-state index contributed by atoms with van der Waals surface area (Å²) >= 11 is 6.25. The maximum Gasteiger partial charge on any atom is 0.0717 e. The largest absolute Gasteiger partial charge is 0.376 e. The van der Waals surface area contributed by atoms with Crippen LogP contribution in [0.4, 0.5) is 0 Å². The number of hydrogen-bond donors (Lipinski definition) is 1. The van der Waals surface area contributed by atoms with Gasteiger partial charge in [0.2, 0.25) is 0 Å². The normalized spacial score (nSPS) is 16.0. The zero-order valence-corrected chi connectivity index (χ0v) is 16.7. The molecule has 1 aliphatic rings. The van der Waals surface area contributed by atoms with Crippen molar-refractivity contribution < 1.29 is 4.74 Å². The molecule has 0 spiro atoms. The minimum Gasteiger partial charge on any atom is -0.376 e. The third kappa shape index (κ3) is 5.09. The lowest BCUT2D eigenvalue weighted by Gasteiger charge is -2.25. The van der Waals surface area contributed by atoms with Crippen LogP contribution in [-0.2, 0) is 16.8 Å². The second kappa shape index (κ2) is 9.03. The zero-order valence-electron chi connectivity index (χ0n) is 15.9. The molecule has 2 nitrogen and oxygen atoms in total. The van der Waals surface area contributed by atoms with Crippen molar-refractivity contribution in [3.63, 3.8) is 0 Å². The van der Waals surface area contributed by atoms with Crippen molar-refractivity contribution in [1.29, 1.82) is 0 Å².